The Morgan fingerprint density at radius 1 is 0.314 bits per heavy atom. The monoisotopic (exact) mass is 651 g/mol. The molecule has 8 aromatic carbocycles. The minimum Gasteiger partial charge on any atom is -0.455 e. The van der Waals surface area contributed by atoms with Gasteiger partial charge in [-0.15, -0.1) is 0 Å². The number of benzene rings is 8. The summed E-state index contributed by atoms with van der Waals surface area (Å²) in [6, 6.07) is 61.0. The lowest BCUT2D eigenvalue weighted by atomic mass is 9.90. The Bertz CT molecular complexity index is 2920. The van der Waals surface area contributed by atoms with E-state index in [1.165, 1.54) is 10.8 Å². The number of nitrogens with zero attached hydrogens (tertiary/aromatic N) is 3. The Kier molecular flexibility index (Phi) is 6.78. The van der Waals surface area contributed by atoms with Crippen molar-refractivity contribution in [1.82, 2.24) is 15.0 Å². The van der Waals surface area contributed by atoms with Crippen molar-refractivity contribution in [2.24, 2.45) is 0 Å². The largest absolute Gasteiger partial charge is 0.455 e. The highest BCUT2D eigenvalue weighted by molar-refractivity contribution is 6.10. The maximum Gasteiger partial charge on any atom is 0.167 e. The standard InChI is InChI=1S/C47H29N3O/c1-2-14-30(15-3-1)34-20-8-9-23-40(34)45-48-46(41-26-13-25-39-37-22-10-11-27-42(37)51-44(39)41)50-47(49-45)43-35-21-7-5-17-32(35)28-29-38(43)36-24-12-18-31-16-4-6-19-33(31)36/h1-29H. The van der Waals surface area contributed by atoms with Gasteiger partial charge in [0.2, 0.25) is 0 Å². The summed E-state index contributed by atoms with van der Waals surface area (Å²) in [7, 11) is 0. The molecule has 0 amide bonds. The van der Waals surface area contributed by atoms with Crippen molar-refractivity contribution >= 4 is 43.5 Å². The van der Waals surface area contributed by atoms with Gasteiger partial charge in [-0.25, -0.2) is 15.0 Å². The van der Waals surface area contributed by atoms with Crippen LogP contribution >= 0.6 is 0 Å². The van der Waals surface area contributed by atoms with E-state index in [-0.39, 0.29) is 0 Å². The highest BCUT2D eigenvalue weighted by atomic mass is 16.3. The molecule has 0 saturated carbocycles. The van der Waals surface area contributed by atoms with E-state index in [4.69, 9.17) is 19.4 Å². The minimum absolute atomic E-state index is 0.555. The second-order valence-corrected chi connectivity index (χ2v) is 12.7. The molecule has 0 atom stereocenters. The fourth-order valence-corrected chi connectivity index (χ4v) is 7.40. The molecule has 0 aliphatic carbocycles. The van der Waals surface area contributed by atoms with Gasteiger partial charge in [0.25, 0.3) is 0 Å². The quantitative estimate of drug-likeness (QED) is 0.186. The predicted molar refractivity (Wildman–Crippen MR) is 209 cm³/mol. The molecule has 0 N–H and O–H groups in total. The third-order valence-electron chi connectivity index (χ3n) is 9.77. The zero-order valence-corrected chi connectivity index (χ0v) is 27.5. The van der Waals surface area contributed by atoms with Crippen LogP contribution in [0, 0.1) is 0 Å². The number of aromatic nitrogens is 3. The summed E-state index contributed by atoms with van der Waals surface area (Å²) in [6.07, 6.45) is 0. The molecule has 4 heteroatoms. The van der Waals surface area contributed by atoms with Crippen LogP contribution in [0.4, 0.5) is 0 Å². The lowest BCUT2D eigenvalue weighted by Gasteiger charge is -2.17. The zero-order valence-electron chi connectivity index (χ0n) is 27.5. The Labute approximate surface area is 294 Å². The summed E-state index contributed by atoms with van der Waals surface area (Å²) in [6.45, 7) is 0. The van der Waals surface area contributed by atoms with Gasteiger partial charge in [-0.05, 0) is 55.9 Å². The Balaban J connectivity index is 1.31. The first-order valence-electron chi connectivity index (χ1n) is 17.1. The number of furan rings is 1. The van der Waals surface area contributed by atoms with Crippen LogP contribution in [0.3, 0.4) is 0 Å². The summed E-state index contributed by atoms with van der Waals surface area (Å²) in [5, 5.41) is 6.63. The average molecular weight is 652 g/mol. The molecule has 4 nitrogen and oxygen atoms in total. The van der Waals surface area contributed by atoms with Gasteiger partial charge in [-0.3, -0.25) is 0 Å². The lowest BCUT2D eigenvalue weighted by molar-refractivity contribution is 0.669. The molecule has 0 bridgehead atoms. The maximum atomic E-state index is 6.53. The molecule has 238 valence electrons. The normalized spacial score (nSPS) is 11.5. The van der Waals surface area contributed by atoms with Crippen LogP contribution in [0.2, 0.25) is 0 Å². The fourth-order valence-electron chi connectivity index (χ4n) is 7.40. The fraction of sp³-hybridized carbons (Fsp3) is 0. The van der Waals surface area contributed by atoms with Crippen LogP contribution in [0.1, 0.15) is 0 Å². The molecule has 0 aliphatic rings. The van der Waals surface area contributed by atoms with Gasteiger partial charge in [0.1, 0.15) is 11.2 Å². The summed E-state index contributed by atoms with van der Waals surface area (Å²) in [4.78, 5) is 16.0. The second-order valence-electron chi connectivity index (χ2n) is 12.7. The van der Waals surface area contributed by atoms with Gasteiger partial charge in [-0.1, -0.05) is 164 Å². The van der Waals surface area contributed by atoms with Gasteiger partial charge in [0.15, 0.2) is 17.5 Å². The van der Waals surface area contributed by atoms with E-state index < -0.39 is 0 Å². The van der Waals surface area contributed by atoms with Crippen LogP contribution in [-0.4, -0.2) is 15.0 Å². The molecule has 0 fully saturated rings. The third-order valence-corrected chi connectivity index (χ3v) is 9.77. The number of para-hydroxylation sites is 2. The first kappa shape index (κ1) is 29.0. The van der Waals surface area contributed by atoms with E-state index in [9.17, 15) is 0 Å². The molecular formula is C47H29N3O. The third kappa shape index (κ3) is 4.88. The average Bonchev–Trinajstić information content (AvgIpc) is 3.59. The summed E-state index contributed by atoms with van der Waals surface area (Å²) in [5.41, 5.74) is 8.63. The number of hydrogen-bond acceptors (Lipinski definition) is 4. The van der Waals surface area contributed by atoms with Crippen LogP contribution in [-0.2, 0) is 0 Å². The molecule has 0 radical (unpaired) electrons. The number of fused-ring (bicyclic) bond motifs is 5. The zero-order chi connectivity index (χ0) is 33.7. The van der Waals surface area contributed by atoms with E-state index >= 15 is 0 Å². The van der Waals surface area contributed by atoms with Crippen LogP contribution in [0.5, 0.6) is 0 Å². The molecule has 51 heavy (non-hydrogen) atoms. The van der Waals surface area contributed by atoms with E-state index in [0.717, 1.165) is 71.7 Å². The topological polar surface area (TPSA) is 51.8 Å². The molecule has 10 rings (SSSR count). The lowest BCUT2D eigenvalue weighted by Crippen LogP contribution is -2.02. The molecular weight excluding hydrogens is 623 g/mol. The van der Waals surface area contributed by atoms with E-state index in [1.54, 1.807) is 0 Å². The SMILES string of the molecule is c1ccc(-c2ccccc2-c2nc(-c3c(-c4cccc5ccccc45)ccc4ccccc34)nc(-c3cccc4c3oc3ccccc34)n2)cc1. The molecule has 10 aromatic rings. The van der Waals surface area contributed by atoms with E-state index in [1.807, 2.05) is 36.4 Å². The van der Waals surface area contributed by atoms with Crippen molar-refractivity contribution in [3.8, 4) is 56.4 Å². The smallest absolute Gasteiger partial charge is 0.167 e. The van der Waals surface area contributed by atoms with Crippen molar-refractivity contribution in [2.75, 3.05) is 0 Å². The summed E-state index contributed by atoms with van der Waals surface area (Å²) < 4.78 is 6.53. The van der Waals surface area contributed by atoms with Crippen molar-refractivity contribution in [3.05, 3.63) is 176 Å². The van der Waals surface area contributed by atoms with Crippen LogP contribution in [0.15, 0.2) is 180 Å². The van der Waals surface area contributed by atoms with E-state index in [2.05, 4.69) is 140 Å². The minimum atomic E-state index is 0.555. The van der Waals surface area contributed by atoms with E-state index in [0.29, 0.717) is 17.5 Å². The second kappa shape index (κ2) is 11.9. The van der Waals surface area contributed by atoms with Crippen LogP contribution in [0.25, 0.3) is 99.9 Å². The summed E-state index contributed by atoms with van der Waals surface area (Å²) in [5.74, 6) is 1.75. The van der Waals surface area contributed by atoms with Gasteiger partial charge < -0.3 is 4.42 Å². The van der Waals surface area contributed by atoms with Gasteiger partial charge in [0.05, 0.1) is 5.56 Å². The highest BCUT2D eigenvalue weighted by Crippen LogP contribution is 2.42. The molecule has 0 aliphatic heterocycles. The Morgan fingerprint density at radius 3 is 1.71 bits per heavy atom. The molecule has 0 spiro atoms. The summed E-state index contributed by atoms with van der Waals surface area (Å²) >= 11 is 0. The van der Waals surface area contributed by atoms with Crippen molar-refractivity contribution in [1.29, 1.82) is 0 Å². The maximum absolute atomic E-state index is 6.53. The predicted octanol–water partition coefficient (Wildman–Crippen LogP) is 12.4. The Hall–Kier alpha value is -6.91. The van der Waals surface area contributed by atoms with Gasteiger partial charge in [-0.2, -0.15) is 0 Å². The molecule has 2 aromatic heterocycles. The van der Waals surface area contributed by atoms with Crippen LogP contribution < -0.4 is 0 Å². The molecule has 2 heterocycles. The first-order valence-corrected chi connectivity index (χ1v) is 17.1. The van der Waals surface area contributed by atoms with Crippen molar-refractivity contribution in [2.45, 2.75) is 0 Å². The number of hydrogen-bond donors (Lipinski definition) is 0. The van der Waals surface area contributed by atoms with Gasteiger partial charge >= 0.3 is 0 Å². The number of rotatable bonds is 5. The van der Waals surface area contributed by atoms with Crippen molar-refractivity contribution in [3.63, 3.8) is 0 Å². The van der Waals surface area contributed by atoms with Crippen molar-refractivity contribution < 1.29 is 4.42 Å². The van der Waals surface area contributed by atoms with Gasteiger partial charge in [0, 0.05) is 21.9 Å². The molecule has 0 saturated heterocycles. The molecule has 0 unspecified atom stereocenters. The first-order chi connectivity index (χ1) is 25.3. The highest BCUT2D eigenvalue weighted by Gasteiger charge is 2.22. The Morgan fingerprint density at radius 2 is 0.863 bits per heavy atom.